The molecule has 1 saturated heterocycles. The van der Waals surface area contributed by atoms with Gasteiger partial charge in [-0.05, 0) is 51.8 Å². The zero-order valence-electron chi connectivity index (χ0n) is 14.0. The minimum absolute atomic E-state index is 0.292. The molecule has 1 aromatic rings. The van der Waals surface area contributed by atoms with E-state index in [1.807, 2.05) is 33.8 Å². The van der Waals surface area contributed by atoms with Crippen molar-refractivity contribution >= 4 is 29.3 Å². The van der Waals surface area contributed by atoms with Gasteiger partial charge in [-0.3, -0.25) is 0 Å². The summed E-state index contributed by atoms with van der Waals surface area (Å²) in [6, 6.07) is 5.44. The van der Waals surface area contributed by atoms with E-state index in [1.54, 1.807) is 17.0 Å². The summed E-state index contributed by atoms with van der Waals surface area (Å²) in [5.74, 6) is 0. The van der Waals surface area contributed by atoms with Gasteiger partial charge in [-0.25, -0.2) is 4.79 Å². The topological polar surface area (TPSA) is 38.8 Å². The average molecular weight is 360 g/mol. The first kappa shape index (κ1) is 18.4. The van der Waals surface area contributed by atoms with Crippen LogP contribution in [0, 0.1) is 0 Å². The molecule has 1 aromatic carbocycles. The zero-order valence-corrected chi connectivity index (χ0v) is 15.5. The van der Waals surface area contributed by atoms with E-state index in [9.17, 15) is 4.79 Å². The van der Waals surface area contributed by atoms with Crippen molar-refractivity contribution in [1.82, 2.24) is 4.90 Å². The molecule has 2 rings (SSSR count). The maximum Gasteiger partial charge on any atom is 0.410 e. The molecule has 1 fully saturated rings. The predicted molar refractivity (Wildman–Crippen MR) is 92.1 cm³/mol. The van der Waals surface area contributed by atoms with E-state index in [1.165, 1.54) is 0 Å². The van der Waals surface area contributed by atoms with Crippen LogP contribution in [0.3, 0.4) is 0 Å². The maximum absolute atomic E-state index is 12.1. The van der Waals surface area contributed by atoms with Crippen molar-refractivity contribution in [2.45, 2.75) is 51.9 Å². The van der Waals surface area contributed by atoms with E-state index in [4.69, 9.17) is 32.7 Å². The minimum Gasteiger partial charge on any atom is -0.444 e. The van der Waals surface area contributed by atoms with E-state index in [2.05, 4.69) is 0 Å². The second-order valence-electron chi connectivity index (χ2n) is 7.14. The molecule has 0 aromatic heterocycles. The van der Waals surface area contributed by atoms with Gasteiger partial charge in [-0.15, -0.1) is 0 Å². The first-order valence-electron chi connectivity index (χ1n) is 7.64. The second kappa shape index (κ2) is 6.88. The Kier molecular flexibility index (Phi) is 5.49. The standard InChI is InChI=1S/C17H23Cl2NO3/c1-16(2,3)23-15(21)20-8-7-17(4,11-20)22-10-12-5-6-13(18)14(19)9-12/h5-6,9H,7-8,10-11H2,1-4H3. The van der Waals surface area contributed by atoms with Gasteiger partial charge >= 0.3 is 6.09 Å². The highest BCUT2D eigenvalue weighted by Gasteiger charge is 2.38. The number of ether oxygens (including phenoxy) is 2. The number of halogens is 2. The van der Waals surface area contributed by atoms with Crippen molar-refractivity contribution < 1.29 is 14.3 Å². The number of benzene rings is 1. The van der Waals surface area contributed by atoms with Crippen LogP contribution in [0.1, 0.15) is 39.7 Å². The van der Waals surface area contributed by atoms with Crippen LogP contribution in [0.5, 0.6) is 0 Å². The molecular formula is C17H23Cl2NO3. The van der Waals surface area contributed by atoms with Gasteiger partial charge < -0.3 is 14.4 Å². The highest BCUT2D eigenvalue weighted by molar-refractivity contribution is 6.42. The first-order valence-corrected chi connectivity index (χ1v) is 8.39. The molecule has 6 heteroatoms. The fourth-order valence-corrected chi connectivity index (χ4v) is 2.74. The molecule has 0 bridgehead atoms. The van der Waals surface area contributed by atoms with E-state index in [-0.39, 0.29) is 11.7 Å². The third-order valence-corrected chi connectivity index (χ3v) is 4.40. The van der Waals surface area contributed by atoms with Crippen molar-refractivity contribution in [3.63, 3.8) is 0 Å². The highest BCUT2D eigenvalue weighted by atomic mass is 35.5. The minimum atomic E-state index is -0.489. The summed E-state index contributed by atoms with van der Waals surface area (Å²) in [5.41, 5.74) is 0.0800. The molecule has 1 aliphatic heterocycles. The lowest BCUT2D eigenvalue weighted by atomic mass is 10.1. The molecule has 1 unspecified atom stereocenters. The molecule has 4 nitrogen and oxygen atoms in total. The fourth-order valence-electron chi connectivity index (χ4n) is 2.42. The number of amides is 1. The Balaban J connectivity index is 1.91. The van der Waals surface area contributed by atoms with Gasteiger partial charge in [0.15, 0.2) is 0 Å². The van der Waals surface area contributed by atoms with Crippen LogP contribution in [0.15, 0.2) is 18.2 Å². The SMILES string of the molecule is CC(C)(C)OC(=O)N1CCC(C)(OCc2ccc(Cl)c(Cl)c2)C1. The van der Waals surface area contributed by atoms with Crippen LogP contribution in [0.25, 0.3) is 0 Å². The summed E-state index contributed by atoms with van der Waals surface area (Å²) >= 11 is 11.9. The number of hydrogen-bond acceptors (Lipinski definition) is 3. The fraction of sp³-hybridized carbons (Fsp3) is 0.588. The summed E-state index contributed by atoms with van der Waals surface area (Å²) in [5, 5.41) is 1.04. The summed E-state index contributed by atoms with van der Waals surface area (Å²) in [6.07, 6.45) is 0.479. The Labute approximate surface area is 147 Å². The molecule has 128 valence electrons. The molecule has 1 aliphatic rings. The van der Waals surface area contributed by atoms with Gasteiger partial charge in [0.25, 0.3) is 0 Å². The number of likely N-dealkylation sites (tertiary alicyclic amines) is 1. The zero-order chi connectivity index (χ0) is 17.3. The lowest BCUT2D eigenvalue weighted by molar-refractivity contribution is -0.0374. The van der Waals surface area contributed by atoms with Crippen molar-refractivity contribution in [1.29, 1.82) is 0 Å². The second-order valence-corrected chi connectivity index (χ2v) is 7.95. The molecule has 1 heterocycles. The molecule has 1 atom stereocenters. The van der Waals surface area contributed by atoms with Crippen LogP contribution in [-0.4, -0.2) is 35.3 Å². The lowest BCUT2D eigenvalue weighted by Crippen LogP contribution is -2.39. The van der Waals surface area contributed by atoms with Gasteiger partial charge in [0.05, 0.1) is 28.8 Å². The van der Waals surface area contributed by atoms with Gasteiger partial charge in [-0.2, -0.15) is 0 Å². The summed E-state index contributed by atoms with van der Waals surface area (Å²) in [4.78, 5) is 13.8. The first-order chi connectivity index (χ1) is 10.6. The van der Waals surface area contributed by atoms with Gasteiger partial charge in [0, 0.05) is 6.54 Å². The van der Waals surface area contributed by atoms with E-state index in [0.717, 1.165) is 12.0 Å². The van der Waals surface area contributed by atoms with Gasteiger partial charge in [0.2, 0.25) is 0 Å². The Morgan fingerprint density at radius 2 is 2.00 bits per heavy atom. The van der Waals surface area contributed by atoms with Crippen molar-refractivity contribution in [2.75, 3.05) is 13.1 Å². The van der Waals surface area contributed by atoms with Crippen LogP contribution in [0.2, 0.25) is 10.0 Å². The van der Waals surface area contributed by atoms with Gasteiger partial charge in [-0.1, -0.05) is 29.3 Å². The summed E-state index contributed by atoms with van der Waals surface area (Å²) in [7, 11) is 0. The average Bonchev–Trinajstić information content (AvgIpc) is 2.82. The quantitative estimate of drug-likeness (QED) is 0.769. The summed E-state index contributed by atoms with van der Waals surface area (Å²) < 4.78 is 11.4. The number of nitrogens with zero attached hydrogens (tertiary/aromatic N) is 1. The van der Waals surface area contributed by atoms with Crippen LogP contribution in [-0.2, 0) is 16.1 Å². The molecule has 23 heavy (non-hydrogen) atoms. The Morgan fingerprint density at radius 3 is 2.61 bits per heavy atom. The monoisotopic (exact) mass is 359 g/mol. The number of rotatable bonds is 3. The largest absolute Gasteiger partial charge is 0.444 e. The molecule has 0 spiro atoms. The smallest absolute Gasteiger partial charge is 0.410 e. The molecule has 0 aliphatic carbocycles. The third-order valence-electron chi connectivity index (χ3n) is 3.66. The lowest BCUT2D eigenvalue weighted by Gasteiger charge is -2.27. The molecule has 0 N–H and O–H groups in total. The van der Waals surface area contributed by atoms with Crippen molar-refractivity contribution in [3.8, 4) is 0 Å². The number of carbonyl (C=O) groups excluding carboxylic acids is 1. The van der Waals surface area contributed by atoms with Crippen molar-refractivity contribution in [2.24, 2.45) is 0 Å². The molecular weight excluding hydrogens is 337 g/mol. The van der Waals surface area contributed by atoms with E-state index >= 15 is 0 Å². The van der Waals surface area contributed by atoms with Crippen LogP contribution in [0.4, 0.5) is 4.79 Å². The third kappa shape index (κ3) is 5.27. The highest BCUT2D eigenvalue weighted by Crippen LogP contribution is 2.29. The molecule has 0 saturated carbocycles. The Bertz CT molecular complexity index is 586. The van der Waals surface area contributed by atoms with E-state index < -0.39 is 5.60 Å². The normalized spacial score (nSPS) is 21.6. The summed E-state index contributed by atoms with van der Waals surface area (Å²) in [6.45, 7) is 9.17. The Hall–Kier alpha value is -0.970. The van der Waals surface area contributed by atoms with Crippen LogP contribution >= 0.6 is 23.2 Å². The van der Waals surface area contributed by atoms with Crippen molar-refractivity contribution in [3.05, 3.63) is 33.8 Å². The van der Waals surface area contributed by atoms with Crippen LogP contribution < -0.4 is 0 Å². The predicted octanol–water partition coefficient (Wildman–Crippen LogP) is 4.91. The Morgan fingerprint density at radius 1 is 1.30 bits per heavy atom. The molecule has 1 amide bonds. The van der Waals surface area contributed by atoms with Gasteiger partial charge in [0.1, 0.15) is 5.60 Å². The number of carbonyl (C=O) groups is 1. The van der Waals surface area contributed by atoms with E-state index in [0.29, 0.717) is 29.7 Å². The maximum atomic E-state index is 12.1. The molecule has 0 radical (unpaired) electrons. The number of hydrogen-bond donors (Lipinski definition) is 0.